The van der Waals surface area contributed by atoms with Crippen LogP contribution in [0.3, 0.4) is 0 Å². The van der Waals surface area contributed by atoms with Crippen LogP contribution >= 0.6 is 15.9 Å². The summed E-state index contributed by atoms with van der Waals surface area (Å²) in [6, 6.07) is 5.36. The zero-order valence-electron chi connectivity index (χ0n) is 13.7. The molecule has 5 nitrogen and oxygen atoms in total. The Bertz CT molecular complexity index is 661. The van der Waals surface area contributed by atoms with Crippen LogP contribution in [0.4, 0.5) is 4.79 Å². The van der Waals surface area contributed by atoms with Gasteiger partial charge in [0.25, 0.3) is 0 Å². The Morgan fingerprint density at radius 2 is 1.96 bits per heavy atom. The molecule has 0 fully saturated rings. The first-order valence-electron chi connectivity index (χ1n) is 7.26. The molecule has 0 spiro atoms. The molecule has 124 valence electrons. The fourth-order valence-corrected chi connectivity index (χ4v) is 2.65. The number of esters is 1. The molecule has 6 heteroatoms. The van der Waals surface area contributed by atoms with Crippen LogP contribution in [0.25, 0.3) is 5.57 Å². The molecule has 2 rings (SSSR count). The number of nitrogens with zero attached hydrogens (tertiary/aromatic N) is 1. The van der Waals surface area contributed by atoms with E-state index in [-0.39, 0.29) is 6.09 Å². The first-order chi connectivity index (χ1) is 10.7. The van der Waals surface area contributed by atoms with Crippen molar-refractivity contribution in [1.29, 1.82) is 0 Å². The second kappa shape index (κ2) is 6.74. The Morgan fingerprint density at radius 1 is 1.26 bits per heavy atom. The second-order valence-electron chi connectivity index (χ2n) is 6.27. The normalized spacial score (nSPS) is 14.5. The fraction of sp³-hybridized carbons (Fsp3) is 0.412. The molecule has 1 aliphatic rings. The number of benzene rings is 1. The zero-order chi connectivity index (χ0) is 17.2. The van der Waals surface area contributed by atoms with Gasteiger partial charge in [-0.3, -0.25) is 0 Å². The molecule has 0 atom stereocenters. The number of amides is 1. The Hall–Kier alpha value is -1.82. The number of carbonyl (C=O) groups excluding carboxylic acids is 2. The molecule has 0 saturated heterocycles. The molecule has 0 aliphatic carbocycles. The average molecular weight is 382 g/mol. The summed E-state index contributed by atoms with van der Waals surface area (Å²) in [7, 11) is 1.35. The molecule has 23 heavy (non-hydrogen) atoms. The van der Waals surface area contributed by atoms with Gasteiger partial charge < -0.3 is 14.4 Å². The van der Waals surface area contributed by atoms with Crippen LogP contribution in [0.15, 0.2) is 28.7 Å². The number of carbonyl (C=O) groups is 2. The van der Waals surface area contributed by atoms with Crippen LogP contribution in [-0.2, 0) is 9.47 Å². The summed E-state index contributed by atoms with van der Waals surface area (Å²) < 4.78 is 11.1. The molecule has 1 aromatic carbocycles. The van der Waals surface area contributed by atoms with E-state index in [0.29, 0.717) is 18.7 Å². The van der Waals surface area contributed by atoms with Crippen molar-refractivity contribution in [3.8, 4) is 0 Å². The molecule has 0 radical (unpaired) electrons. The van der Waals surface area contributed by atoms with Crippen LogP contribution in [-0.4, -0.2) is 42.8 Å². The van der Waals surface area contributed by atoms with E-state index in [1.54, 1.807) is 17.0 Å². The molecule has 1 heterocycles. The van der Waals surface area contributed by atoms with Crippen molar-refractivity contribution in [2.24, 2.45) is 0 Å². The monoisotopic (exact) mass is 381 g/mol. The standard InChI is InChI=1S/C17H20BrNO4/c1-17(2,3)23-16(21)19-8-7-11(10-19)14-9-12(18)5-6-13(14)15(20)22-4/h5-7,9H,8,10H2,1-4H3. The molecule has 0 aromatic heterocycles. The van der Waals surface area contributed by atoms with Gasteiger partial charge in [0, 0.05) is 17.6 Å². The van der Waals surface area contributed by atoms with Crippen molar-refractivity contribution >= 4 is 33.6 Å². The number of halogens is 1. The number of ether oxygens (including phenoxy) is 2. The van der Waals surface area contributed by atoms with E-state index in [4.69, 9.17) is 9.47 Å². The highest BCUT2D eigenvalue weighted by atomic mass is 79.9. The second-order valence-corrected chi connectivity index (χ2v) is 7.19. The molecular formula is C17H20BrNO4. The smallest absolute Gasteiger partial charge is 0.410 e. The number of hydrogen-bond donors (Lipinski definition) is 0. The summed E-state index contributed by atoms with van der Waals surface area (Å²) in [6.45, 7) is 6.35. The van der Waals surface area contributed by atoms with Gasteiger partial charge in [0.1, 0.15) is 5.60 Å². The summed E-state index contributed by atoms with van der Waals surface area (Å²) in [6.07, 6.45) is 1.57. The lowest BCUT2D eigenvalue weighted by molar-refractivity contribution is 0.0306. The van der Waals surface area contributed by atoms with Crippen molar-refractivity contribution in [3.05, 3.63) is 39.9 Å². The highest BCUT2D eigenvalue weighted by Crippen LogP contribution is 2.28. The predicted octanol–water partition coefficient (Wildman–Crippen LogP) is 3.87. The SMILES string of the molecule is COC(=O)c1ccc(Br)cc1C1=CCN(C(=O)OC(C)(C)C)C1. The highest BCUT2D eigenvalue weighted by Gasteiger charge is 2.27. The Labute approximate surface area is 144 Å². The topological polar surface area (TPSA) is 55.8 Å². The van der Waals surface area contributed by atoms with Gasteiger partial charge in [-0.2, -0.15) is 0 Å². The lowest BCUT2D eigenvalue weighted by atomic mass is 10.0. The number of hydrogen-bond acceptors (Lipinski definition) is 4. The van der Waals surface area contributed by atoms with Gasteiger partial charge in [-0.05, 0) is 50.1 Å². The van der Waals surface area contributed by atoms with Gasteiger partial charge in [-0.1, -0.05) is 22.0 Å². The lowest BCUT2D eigenvalue weighted by Crippen LogP contribution is -2.35. The van der Waals surface area contributed by atoms with E-state index in [0.717, 1.165) is 15.6 Å². The van der Waals surface area contributed by atoms with Crippen LogP contribution in [0.2, 0.25) is 0 Å². The van der Waals surface area contributed by atoms with E-state index in [9.17, 15) is 9.59 Å². The number of rotatable bonds is 2. The molecular weight excluding hydrogens is 362 g/mol. The van der Waals surface area contributed by atoms with Crippen LogP contribution < -0.4 is 0 Å². The molecule has 0 bridgehead atoms. The van der Waals surface area contributed by atoms with Crippen molar-refractivity contribution in [2.75, 3.05) is 20.2 Å². The van der Waals surface area contributed by atoms with Crippen LogP contribution in [0.5, 0.6) is 0 Å². The minimum absolute atomic E-state index is 0.363. The van der Waals surface area contributed by atoms with Gasteiger partial charge in [0.05, 0.1) is 12.7 Å². The third-order valence-electron chi connectivity index (χ3n) is 3.30. The summed E-state index contributed by atoms with van der Waals surface area (Å²) in [4.78, 5) is 25.7. The lowest BCUT2D eigenvalue weighted by Gasteiger charge is -2.24. The third-order valence-corrected chi connectivity index (χ3v) is 3.80. The molecule has 0 saturated carbocycles. The van der Waals surface area contributed by atoms with E-state index < -0.39 is 11.6 Å². The fourth-order valence-electron chi connectivity index (χ4n) is 2.29. The first kappa shape index (κ1) is 17.5. The minimum atomic E-state index is -0.535. The van der Waals surface area contributed by atoms with E-state index in [2.05, 4.69) is 15.9 Å². The summed E-state index contributed by atoms with van der Waals surface area (Å²) >= 11 is 3.41. The third kappa shape index (κ3) is 4.34. The molecule has 0 unspecified atom stereocenters. The quantitative estimate of drug-likeness (QED) is 0.729. The average Bonchev–Trinajstić information content (AvgIpc) is 2.94. The summed E-state index contributed by atoms with van der Waals surface area (Å²) in [5.74, 6) is -0.399. The molecule has 1 aromatic rings. The Balaban J connectivity index is 2.20. The summed E-state index contributed by atoms with van der Waals surface area (Å²) in [5, 5.41) is 0. The van der Waals surface area contributed by atoms with Gasteiger partial charge in [0.2, 0.25) is 0 Å². The van der Waals surface area contributed by atoms with E-state index in [1.165, 1.54) is 7.11 Å². The first-order valence-corrected chi connectivity index (χ1v) is 8.06. The molecule has 1 amide bonds. The van der Waals surface area contributed by atoms with Gasteiger partial charge >= 0.3 is 12.1 Å². The van der Waals surface area contributed by atoms with Crippen molar-refractivity contribution < 1.29 is 19.1 Å². The Morgan fingerprint density at radius 3 is 2.57 bits per heavy atom. The molecule has 0 N–H and O–H groups in total. The zero-order valence-corrected chi connectivity index (χ0v) is 15.3. The maximum Gasteiger partial charge on any atom is 0.410 e. The minimum Gasteiger partial charge on any atom is -0.465 e. The predicted molar refractivity (Wildman–Crippen MR) is 91.3 cm³/mol. The van der Waals surface area contributed by atoms with Gasteiger partial charge in [0.15, 0.2) is 0 Å². The van der Waals surface area contributed by atoms with Crippen molar-refractivity contribution in [1.82, 2.24) is 4.90 Å². The number of methoxy groups -OCH3 is 1. The van der Waals surface area contributed by atoms with E-state index in [1.807, 2.05) is 32.9 Å². The largest absolute Gasteiger partial charge is 0.465 e. The maximum atomic E-state index is 12.1. The van der Waals surface area contributed by atoms with Crippen molar-refractivity contribution in [3.63, 3.8) is 0 Å². The van der Waals surface area contributed by atoms with Crippen molar-refractivity contribution in [2.45, 2.75) is 26.4 Å². The summed E-state index contributed by atoms with van der Waals surface area (Å²) in [5.41, 5.74) is 1.61. The highest BCUT2D eigenvalue weighted by molar-refractivity contribution is 9.10. The van der Waals surface area contributed by atoms with Gasteiger partial charge in [-0.25, -0.2) is 9.59 Å². The van der Waals surface area contributed by atoms with Gasteiger partial charge in [-0.15, -0.1) is 0 Å². The molecule has 1 aliphatic heterocycles. The Kier molecular flexibility index (Phi) is 5.14. The maximum absolute atomic E-state index is 12.1. The van der Waals surface area contributed by atoms with E-state index >= 15 is 0 Å². The van der Waals surface area contributed by atoms with Crippen LogP contribution in [0, 0.1) is 0 Å². The van der Waals surface area contributed by atoms with Crippen LogP contribution in [0.1, 0.15) is 36.7 Å².